The highest BCUT2D eigenvalue weighted by Crippen LogP contribution is 2.35. The van der Waals surface area contributed by atoms with Crippen LogP contribution in [0.1, 0.15) is 82.4 Å². The Labute approximate surface area is 341 Å². The molecule has 1 unspecified atom stereocenters. The summed E-state index contributed by atoms with van der Waals surface area (Å²) in [5.74, 6) is -0.687. The van der Waals surface area contributed by atoms with Gasteiger partial charge in [0.25, 0.3) is 17.7 Å². The Morgan fingerprint density at radius 3 is 2.28 bits per heavy atom. The first-order chi connectivity index (χ1) is 28.0. The summed E-state index contributed by atoms with van der Waals surface area (Å²) in [6.45, 7) is 16.1. The minimum Gasteiger partial charge on any atom is -0.490 e. The Morgan fingerprint density at radius 2 is 1.62 bits per heavy atom. The van der Waals surface area contributed by atoms with Crippen molar-refractivity contribution in [1.82, 2.24) is 30.4 Å². The molecule has 0 spiro atoms. The second-order valence-electron chi connectivity index (χ2n) is 15.8. The number of imide groups is 1. The van der Waals surface area contributed by atoms with Crippen molar-refractivity contribution in [2.24, 2.45) is 5.92 Å². The first-order valence-corrected chi connectivity index (χ1v) is 20.3. The zero-order chi connectivity index (χ0) is 40.5. The highest BCUT2D eigenvalue weighted by atomic mass is 35.5. The third-order valence-corrected chi connectivity index (χ3v) is 12.3. The van der Waals surface area contributed by atoms with Gasteiger partial charge in [0.1, 0.15) is 17.6 Å². The highest BCUT2D eigenvalue weighted by Gasteiger charge is 2.45. The smallest absolute Gasteiger partial charge is 0.262 e. The molecule has 302 valence electrons. The van der Waals surface area contributed by atoms with Crippen LogP contribution < -0.4 is 25.2 Å². The molecule has 58 heavy (non-hydrogen) atoms. The van der Waals surface area contributed by atoms with Gasteiger partial charge in [-0.1, -0.05) is 24.2 Å². The molecule has 16 heteroatoms. The number of aromatic nitrogens is 2. The van der Waals surface area contributed by atoms with Crippen molar-refractivity contribution in [3.63, 3.8) is 0 Å². The zero-order valence-electron chi connectivity index (χ0n) is 32.1. The summed E-state index contributed by atoms with van der Waals surface area (Å²) in [6, 6.07) is 6.79. The van der Waals surface area contributed by atoms with Gasteiger partial charge in [0.05, 0.1) is 40.1 Å². The van der Waals surface area contributed by atoms with Crippen molar-refractivity contribution in [3.8, 4) is 5.75 Å². The number of carbonyl (C=O) groups is 4. The lowest BCUT2D eigenvalue weighted by Crippen LogP contribution is -2.51. The van der Waals surface area contributed by atoms with Gasteiger partial charge in [0.2, 0.25) is 17.5 Å². The van der Waals surface area contributed by atoms with Gasteiger partial charge < -0.3 is 25.2 Å². The third-order valence-electron chi connectivity index (χ3n) is 12.0. The van der Waals surface area contributed by atoms with Gasteiger partial charge in [0.15, 0.2) is 0 Å². The molecule has 14 nitrogen and oxygen atoms in total. The topological polar surface area (TPSA) is 145 Å². The number of hydrogen-bond donors (Lipinski definition) is 2. The number of allylic oxidation sites excluding steroid dienone is 1. The number of halogens is 2. The second kappa shape index (κ2) is 16.7. The second-order valence-corrected chi connectivity index (χ2v) is 16.2. The summed E-state index contributed by atoms with van der Waals surface area (Å²) >= 11 is 6.15. The average molecular weight is 810 g/mol. The molecule has 4 fully saturated rings. The SMILES string of the molecule is [C-]#[N+]c1ccc(OC2CCC(NC(=O)c3cnc(N4CCC(CN5CCN(c6cc7c(cc6F)C(=O)N(C6CCC(=C)NC6=O)C7=O)CC5)CC4)nc3)CC2)cc1Cl. The number of benzene rings is 2. The molecule has 3 saturated heterocycles. The largest absolute Gasteiger partial charge is 0.490 e. The molecule has 8 rings (SSSR count). The van der Waals surface area contributed by atoms with Crippen LogP contribution >= 0.6 is 11.6 Å². The normalized spacial score (nSPS) is 23.1. The van der Waals surface area contributed by atoms with Crippen LogP contribution in [-0.2, 0) is 4.79 Å². The summed E-state index contributed by atoms with van der Waals surface area (Å²) in [6.07, 6.45) is 9.03. The third kappa shape index (κ3) is 8.21. The van der Waals surface area contributed by atoms with Crippen LogP contribution in [0, 0.1) is 18.3 Å². The molecule has 0 bridgehead atoms. The molecule has 0 radical (unpaired) electrons. The van der Waals surface area contributed by atoms with E-state index in [0.717, 1.165) is 82.2 Å². The molecule has 4 amide bonds. The minimum absolute atomic E-state index is 0.00816. The fourth-order valence-electron chi connectivity index (χ4n) is 8.69. The van der Waals surface area contributed by atoms with Crippen molar-refractivity contribution in [3.05, 3.63) is 93.9 Å². The Hall–Kier alpha value is -5.59. The monoisotopic (exact) mass is 809 g/mol. The molecule has 1 saturated carbocycles. The number of piperidine rings is 2. The van der Waals surface area contributed by atoms with Gasteiger partial charge in [-0.05, 0) is 81.5 Å². The summed E-state index contributed by atoms with van der Waals surface area (Å²) in [7, 11) is 0. The van der Waals surface area contributed by atoms with Crippen molar-refractivity contribution in [1.29, 1.82) is 0 Å². The van der Waals surface area contributed by atoms with Crippen molar-refractivity contribution < 1.29 is 28.3 Å². The zero-order valence-corrected chi connectivity index (χ0v) is 32.8. The number of hydrogen-bond acceptors (Lipinski definition) is 10. The number of carbonyl (C=O) groups excluding carboxylic acids is 4. The van der Waals surface area contributed by atoms with E-state index in [1.165, 1.54) is 6.07 Å². The molecule has 2 aromatic carbocycles. The maximum absolute atomic E-state index is 15.4. The van der Waals surface area contributed by atoms with Gasteiger partial charge in [-0.2, -0.15) is 0 Å². The van der Waals surface area contributed by atoms with Crippen LogP contribution in [-0.4, -0.2) is 107 Å². The van der Waals surface area contributed by atoms with E-state index < -0.39 is 29.6 Å². The molecule has 5 aliphatic rings. The van der Waals surface area contributed by atoms with Gasteiger partial charge in [0, 0.05) is 69.9 Å². The lowest BCUT2D eigenvalue weighted by molar-refractivity contribution is -0.125. The molecule has 1 atom stereocenters. The quantitative estimate of drug-likeness (QED) is 0.214. The Balaban J connectivity index is 0.764. The van der Waals surface area contributed by atoms with E-state index in [1.54, 1.807) is 30.6 Å². The fraction of sp³-hybridized carbons (Fsp3) is 0.452. The molecular formula is C42H45ClFN9O5. The number of nitrogens with one attached hydrogen (secondary N) is 2. The Morgan fingerprint density at radius 1 is 0.931 bits per heavy atom. The molecule has 1 aliphatic carbocycles. The first kappa shape index (κ1) is 39.2. The fourth-order valence-corrected chi connectivity index (χ4v) is 8.91. The number of rotatable bonds is 9. The molecular weight excluding hydrogens is 765 g/mol. The summed E-state index contributed by atoms with van der Waals surface area (Å²) in [5, 5.41) is 6.11. The molecule has 1 aromatic heterocycles. The number of nitrogens with zero attached hydrogens (tertiary/aromatic N) is 7. The van der Waals surface area contributed by atoms with Crippen LogP contribution in [0.3, 0.4) is 0 Å². The van der Waals surface area contributed by atoms with Crippen LogP contribution in [0.4, 0.5) is 21.7 Å². The predicted molar refractivity (Wildman–Crippen MR) is 215 cm³/mol. The van der Waals surface area contributed by atoms with Gasteiger partial charge in [-0.3, -0.25) is 29.0 Å². The van der Waals surface area contributed by atoms with Crippen LogP contribution in [0.2, 0.25) is 5.02 Å². The van der Waals surface area contributed by atoms with Crippen LogP contribution in [0.5, 0.6) is 5.75 Å². The average Bonchev–Trinajstić information content (AvgIpc) is 3.46. The van der Waals surface area contributed by atoms with E-state index >= 15 is 4.39 Å². The molecule has 2 N–H and O–H groups in total. The van der Waals surface area contributed by atoms with Crippen molar-refractivity contribution in [2.75, 3.05) is 55.6 Å². The van der Waals surface area contributed by atoms with Gasteiger partial charge >= 0.3 is 0 Å². The van der Waals surface area contributed by atoms with Gasteiger partial charge in [-0.15, -0.1) is 0 Å². The van der Waals surface area contributed by atoms with Crippen molar-refractivity contribution in [2.45, 2.75) is 69.6 Å². The summed E-state index contributed by atoms with van der Waals surface area (Å²) in [5.41, 5.74) is 1.78. The number of anilines is 2. The molecule has 5 heterocycles. The summed E-state index contributed by atoms with van der Waals surface area (Å²) in [4.78, 5) is 72.0. The predicted octanol–water partition coefficient (Wildman–Crippen LogP) is 5.37. The minimum atomic E-state index is -0.944. The maximum atomic E-state index is 15.4. The number of piperazine rings is 1. The molecule has 3 aromatic rings. The van der Waals surface area contributed by atoms with E-state index in [1.807, 2.05) is 4.90 Å². The van der Waals surface area contributed by atoms with Gasteiger partial charge in [-0.25, -0.2) is 19.2 Å². The number of ether oxygens (including phenoxy) is 1. The van der Waals surface area contributed by atoms with Crippen LogP contribution in [0.15, 0.2) is 55.0 Å². The van der Waals surface area contributed by atoms with E-state index in [2.05, 4.69) is 41.8 Å². The maximum Gasteiger partial charge on any atom is 0.262 e. The lowest BCUT2D eigenvalue weighted by atomic mass is 9.92. The molecule has 4 aliphatic heterocycles. The van der Waals surface area contributed by atoms with E-state index in [0.29, 0.717) is 64.8 Å². The van der Waals surface area contributed by atoms with E-state index in [9.17, 15) is 19.2 Å². The van der Waals surface area contributed by atoms with E-state index in [4.69, 9.17) is 22.9 Å². The summed E-state index contributed by atoms with van der Waals surface area (Å²) < 4.78 is 21.5. The van der Waals surface area contributed by atoms with Crippen molar-refractivity contribution >= 4 is 52.6 Å². The van der Waals surface area contributed by atoms with Crippen LogP contribution in [0.25, 0.3) is 4.85 Å². The highest BCUT2D eigenvalue weighted by molar-refractivity contribution is 6.33. The first-order valence-electron chi connectivity index (χ1n) is 19.9. The lowest BCUT2D eigenvalue weighted by Gasteiger charge is -2.39. The Kier molecular flexibility index (Phi) is 11.3. The standard InChI is InChI=1S/C42H45ClFN9O5/c1-25-3-10-36(39(55)48-25)53-40(56)31-20-34(44)37(21-32(31)41(53)57)51-17-15-50(16-18-51)24-26-11-13-52(14-12-26)42-46-22-27(23-47-42)38(54)49-28-4-6-29(7-5-28)58-30-8-9-35(45-2)33(43)19-30/h8-9,19-23,26,28-29,36H,1,3-7,10-18,24H2,(H,48,55)(H,49,54). The number of fused-ring (bicyclic) bond motifs is 1. The number of amides is 4. The van der Waals surface area contributed by atoms with E-state index in [-0.39, 0.29) is 35.6 Å². The Bertz CT molecular complexity index is 2160.